The Balaban J connectivity index is 1.40. The summed E-state index contributed by atoms with van der Waals surface area (Å²) in [7, 11) is 0. The van der Waals surface area contributed by atoms with Crippen molar-refractivity contribution >= 4 is 72.4 Å². The van der Waals surface area contributed by atoms with Gasteiger partial charge in [-0.2, -0.15) is 5.26 Å². The standard InChI is InChI=1S/C39H23N3O2/c1-41-22-24-10-13-26(25-12-17-37-32(20-25)31-18-23(21-40)11-16-36(31)43-37)34(19-24)42-33-8-4-2-6-27(33)29-14-15-30-28-7-3-5-9-35(28)44-39(30)38(29)42/h2-20H,1,22H2. The maximum Gasteiger partial charge on any atom is 0.160 e. The van der Waals surface area contributed by atoms with Crippen molar-refractivity contribution in [3.05, 3.63) is 126 Å². The molecule has 3 aromatic heterocycles. The van der Waals surface area contributed by atoms with Gasteiger partial charge in [0.15, 0.2) is 5.58 Å². The van der Waals surface area contributed by atoms with Crippen LogP contribution in [0.15, 0.2) is 129 Å². The molecule has 0 fully saturated rings. The van der Waals surface area contributed by atoms with Gasteiger partial charge in [0.25, 0.3) is 0 Å². The lowest BCUT2D eigenvalue weighted by molar-refractivity contribution is 0.669. The van der Waals surface area contributed by atoms with Crippen LogP contribution in [-0.4, -0.2) is 11.3 Å². The number of hydrogen-bond acceptors (Lipinski definition) is 4. The summed E-state index contributed by atoms with van der Waals surface area (Å²) in [5.41, 5.74) is 10.2. The van der Waals surface area contributed by atoms with Crippen molar-refractivity contribution in [2.24, 2.45) is 4.99 Å². The zero-order valence-electron chi connectivity index (χ0n) is 23.5. The predicted molar refractivity (Wildman–Crippen MR) is 179 cm³/mol. The number of nitrogens with zero attached hydrogens (tertiary/aromatic N) is 3. The summed E-state index contributed by atoms with van der Waals surface area (Å²) in [5.74, 6) is 0. The zero-order valence-corrected chi connectivity index (χ0v) is 23.5. The normalized spacial score (nSPS) is 11.8. The number of aliphatic imine (C=N–C) groups is 1. The van der Waals surface area contributed by atoms with Crippen molar-refractivity contribution in [1.29, 1.82) is 5.26 Å². The molecular weight excluding hydrogens is 542 g/mol. The SMILES string of the molecule is C=NCc1ccc(-c2ccc3oc4ccc(C#N)cc4c3c2)c(-n2c3ccccc3c3ccc4c5ccccc5oc4c32)c1. The summed E-state index contributed by atoms with van der Waals surface area (Å²) >= 11 is 0. The average Bonchev–Trinajstić information content (AvgIpc) is 3.73. The molecule has 0 saturated carbocycles. The van der Waals surface area contributed by atoms with Gasteiger partial charge in [-0.3, -0.25) is 4.99 Å². The Morgan fingerprint density at radius 3 is 2.27 bits per heavy atom. The Kier molecular flexibility index (Phi) is 5.11. The molecule has 206 valence electrons. The molecule has 5 heteroatoms. The van der Waals surface area contributed by atoms with Crippen molar-refractivity contribution in [1.82, 2.24) is 4.57 Å². The highest BCUT2D eigenvalue weighted by Gasteiger charge is 2.21. The Bertz CT molecular complexity index is 2680. The minimum atomic E-state index is 0.507. The molecule has 5 nitrogen and oxygen atoms in total. The Morgan fingerprint density at radius 1 is 0.659 bits per heavy atom. The van der Waals surface area contributed by atoms with E-state index >= 15 is 0 Å². The lowest BCUT2D eigenvalue weighted by atomic mass is 9.98. The van der Waals surface area contributed by atoms with E-state index < -0.39 is 0 Å². The van der Waals surface area contributed by atoms with Crippen molar-refractivity contribution in [2.45, 2.75) is 6.54 Å². The molecule has 0 saturated heterocycles. The van der Waals surface area contributed by atoms with Gasteiger partial charge in [-0.05, 0) is 72.4 Å². The lowest BCUT2D eigenvalue weighted by Crippen LogP contribution is -1.99. The molecule has 0 aliphatic rings. The van der Waals surface area contributed by atoms with Gasteiger partial charge in [-0.15, -0.1) is 0 Å². The number of benzene rings is 6. The topological polar surface area (TPSA) is 67.4 Å². The Labute approximate surface area is 251 Å². The van der Waals surface area contributed by atoms with E-state index in [2.05, 4.69) is 101 Å². The Morgan fingerprint density at radius 2 is 1.41 bits per heavy atom. The molecule has 0 spiro atoms. The number of aromatic nitrogens is 1. The fourth-order valence-electron chi connectivity index (χ4n) is 6.73. The zero-order chi connectivity index (χ0) is 29.4. The molecule has 0 aliphatic heterocycles. The van der Waals surface area contributed by atoms with E-state index in [1.807, 2.05) is 30.3 Å². The summed E-state index contributed by atoms with van der Waals surface area (Å²) in [6.07, 6.45) is 0. The maximum atomic E-state index is 9.54. The van der Waals surface area contributed by atoms with E-state index in [4.69, 9.17) is 8.83 Å². The summed E-state index contributed by atoms with van der Waals surface area (Å²) in [4.78, 5) is 4.20. The number of furan rings is 2. The molecule has 0 bridgehead atoms. The highest BCUT2D eigenvalue weighted by atomic mass is 16.3. The predicted octanol–water partition coefficient (Wildman–Crippen LogP) is 10.3. The fraction of sp³-hybridized carbons (Fsp3) is 0.0256. The van der Waals surface area contributed by atoms with Crippen molar-refractivity contribution < 1.29 is 8.83 Å². The molecule has 0 unspecified atom stereocenters. The van der Waals surface area contributed by atoms with Gasteiger partial charge in [-0.1, -0.05) is 60.7 Å². The molecule has 0 atom stereocenters. The van der Waals surface area contributed by atoms with E-state index in [-0.39, 0.29) is 0 Å². The van der Waals surface area contributed by atoms with Gasteiger partial charge < -0.3 is 13.4 Å². The molecule has 0 amide bonds. The molecule has 0 aliphatic carbocycles. The first-order valence-electron chi connectivity index (χ1n) is 14.5. The molecule has 44 heavy (non-hydrogen) atoms. The monoisotopic (exact) mass is 565 g/mol. The van der Waals surface area contributed by atoms with Crippen molar-refractivity contribution in [2.75, 3.05) is 0 Å². The number of rotatable bonds is 4. The van der Waals surface area contributed by atoms with E-state index in [1.165, 1.54) is 0 Å². The van der Waals surface area contributed by atoms with Crippen LogP contribution in [0.5, 0.6) is 0 Å². The molecule has 3 heterocycles. The van der Waals surface area contributed by atoms with Crippen LogP contribution in [0, 0.1) is 11.3 Å². The highest BCUT2D eigenvalue weighted by molar-refractivity contribution is 6.21. The summed E-state index contributed by atoms with van der Waals surface area (Å²) in [6, 6.07) is 41.7. The van der Waals surface area contributed by atoms with Crippen LogP contribution in [0.25, 0.3) is 82.5 Å². The van der Waals surface area contributed by atoms with E-state index in [9.17, 15) is 5.26 Å². The third-order valence-electron chi connectivity index (χ3n) is 8.69. The second kappa shape index (κ2) is 9.19. The number of fused-ring (bicyclic) bond motifs is 10. The number of nitriles is 1. The minimum absolute atomic E-state index is 0.507. The van der Waals surface area contributed by atoms with Gasteiger partial charge in [0, 0.05) is 37.9 Å². The van der Waals surface area contributed by atoms with Gasteiger partial charge in [0.1, 0.15) is 16.7 Å². The quantitative estimate of drug-likeness (QED) is 0.199. The minimum Gasteiger partial charge on any atom is -0.456 e. The average molecular weight is 566 g/mol. The molecule has 9 rings (SSSR count). The lowest BCUT2D eigenvalue weighted by Gasteiger charge is -2.16. The van der Waals surface area contributed by atoms with Crippen LogP contribution >= 0.6 is 0 Å². The second-order valence-electron chi connectivity index (χ2n) is 11.2. The first-order valence-corrected chi connectivity index (χ1v) is 14.5. The van der Waals surface area contributed by atoms with Crippen LogP contribution in [0.3, 0.4) is 0 Å². The van der Waals surface area contributed by atoms with E-state index in [0.29, 0.717) is 12.1 Å². The van der Waals surface area contributed by atoms with Gasteiger partial charge in [0.05, 0.1) is 34.9 Å². The highest BCUT2D eigenvalue weighted by Crippen LogP contribution is 2.43. The third-order valence-corrected chi connectivity index (χ3v) is 8.69. The van der Waals surface area contributed by atoms with Gasteiger partial charge >= 0.3 is 0 Å². The second-order valence-corrected chi connectivity index (χ2v) is 11.2. The Hall–Kier alpha value is -6.12. The molecule has 0 N–H and O–H groups in total. The number of para-hydroxylation sites is 2. The number of hydrogen-bond donors (Lipinski definition) is 0. The van der Waals surface area contributed by atoms with Crippen LogP contribution in [0.1, 0.15) is 11.1 Å². The summed E-state index contributed by atoms with van der Waals surface area (Å²) in [6.45, 7) is 4.27. The van der Waals surface area contributed by atoms with Crippen LogP contribution in [0.4, 0.5) is 0 Å². The maximum absolute atomic E-state index is 9.54. The molecular formula is C39H23N3O2. The fourth-order valence-corrected chi connectivity index (χ4v) is 6.73. The summed E-state index contributed by atoms with van der Waals surface area (Å²) < 4.78 is 15.1. The third kappa shape index (κ3) is 3.43. The van der Waals surface area contributed by atoms with Crippen LogP contribution in [-0.2, 0) is 6.54 Å². The first kappa shape index (κ1) is 24.5. The van der Waals surface area contributed by atoms with Crippen molar-refractivity contribution in [3.8, 4) is 22.9 Å². The molecule has 0 radical (unpaired) electrons. The first-order chi connectivity index (χ1) is 21.7. The van der Waals surface area contributed by atoms with E-state index in [1.54, 1.807) is 6.07 Å². The molecule has 6 aromatic carbocycles. The van der Waals surface area contributed by atoms with Gasteiger partial charge in [-0.25, -0.2) is 0 Å². The smallest absolute Gasteiger partial charge is 0.160 e. The van der Waals surface area contributed by atoms with Crippen LogP contribution in [0.2, 0.25) is 0 Å². The molecule has 9 aromatic rings. The summed E-state index contributed by atoms with van der Waals surface area (Å²) in [5, 5.41) is 15.9. The van der Waals surface area contributed by atoms with Crippen molar-refractivity contribution in [3.63, 3.8) is 0 Å². The van der Waals surface area contributed by atoms with E-state index in [0.717, 1.165) is 88.1 Å². The van der Waals surface area contributed by atoms with Crippen LogP contribution < -0.4 is 0 Å². The largest absolute Gasteiger partial charge is 0.456 e. The van der Waals surface area contributed by atoms with Gasteiger partial charge in [0.2, 0.25) is 0 Å².